The summed E-state index contributed by atoms with van der Waals surface area (Å²) in [5, 5.41) is 1.04. The number of hydrogen-bond acceptors (Lipinski definition) is 3. The van der Waals surface area contributed by atoms with E-state index in [4.69, 9.17) is 0 Å². The van der Waals surface area contributed by atoms with E-state index in [0.29, 0.717) is 0 Å². The van der Waals surface area contributed by atoms with E-state index in [0.717, 1.165) is 23.4 Å². The predicted octanol–water partition coefficient (Wildman–Crippen LogP) is 4.26. The van der Waals surface area contributed by atoms with Gasteiger partial charge in [-0.05, 0) is 22.8 Å². The highest BCUT2D eigenvalue weighted by Crippen LogP contribution is 2.27. The van der Waals surface area contributed by atoms with Crippen molar-refractivity contribution in [2.24, 2.45) is 0 Å². The van der Waals surface area contributed by atoms with Crippen LogP contribution in [0, 0.1) is 0 Å². The molecular weight excluding hydrogens is 296 g/mol. The first-order valence-electron chi connectivity index (χ1n) is 7.95. The average Bonchev–Trinajstić information content (AvgIpc) is 3.11. The van der Waals surface area contributed by atoms with Crippen molar-refractivity contribution in [3.8, 4) is 11.1 Å². The zero-order chi connectivity index (χ0) is 16.4. The number of nitrogens with zero attached hydrogens (tertiary/aromatic N) is 3. The largest absolute Gasteiger partial charge is 0.355 e. The molecule has 0 saturated carbocycles. The molecule has 0 radical (unpaired) electrons. The van der Waals surface area contributed by atoms with Crippen LogP contribution in [-0.4, -0.2) is 22.0 Å². The number of nitrogens with one attached hydrogen (secondary N) is 1. The van der Waals surface area contributed by atoms with Gasteiger partial charge in [0.2, 0.25) is 0 Å². The predicted molar refractivity (Wildman–Crippen MR) is 97.9 cm³/mol. The third-order valence-corrected chi connectivity index (χ3v) is 4.20. The summed E-state index contributed by atoms with van der Waals surface area (Å²) in [6, 6.07) is 21.0. The molecule has 4 aromatic rings. The molecule has 0 aliphatic rings. The second kappa shape index (κ2) is 6.16. The molecule has 2 heterocycles. The second-order valence-corrected chi connectivity index (χ2v) is 5.82. The fourth-order valence-corrected chi connectivity index (χ4v) is 3.05. The zero-order valence-electron chi connectivity index (χ0n) is 13.5. The van der Waals surface area contributed by atoms with Gasteiger partial charge >= 0.3 is 0 Å². The molecule has 0 aliphatic heterocycles. The molecule has 2 aromatic carbocycles. The topological polar surface area (TPSA) is 44.8 Å². The zero-order valence-corrected chi connectivity index (χ0v) is 13.5. The van der Waals surface area contributed by atoms with Gasteiger partial charge in [-0.15, -0.1) is 0 Å². The van der Waals surface area contributed by atoms with Gasteiger partial charge in [-0.1, -0.05) is 54.6 Å². The van der Waals surface area contributed by atoms with Crippen molar-refractivity contribution in [1.82, 2.24) is 15.0 Å². The van der Waals surface area contributed by atoms with Crippen LogP contribution in [-0.2, 0) is 6.54 Å². The minimum atomic E-state index is 0.780. The van der Waals surface area contributed by atoms with Gasteiger partial charge in [0.1, 0.15) is 17.8 Å². The number of aromatic nitrogens is 3. The highest BCUT2D eigenvalue weighted by molar-refractivity contribution is 5.87. The van der Waals surface area contributed by atoms with Crippen LogP contribution in [0.3, 0.4) is 0 Å². The first-order valence-corrected chi connectivity index (χ1v) is 7.95. The lowest BCUT2D eigenvalue weighted by atomic mass is 9.99. The average molecular weight is 314 g/mol. The van der Waals surface area contributed by atoms with Gasteiger partial charge in [-0.3, -0.25) is 0 Å². The molecule has 4 nitrogen and oxygen atoms in total. The lowest BCUT2D eigenvalue weighted by molar-refractivity contribution is 0.901. The van der Waals surface area contributed by atoms with Crippen LogP contribution in [0.1, 0.15) is 5.56 Å². The Kier molecular flexibility index (Phi) is 3.71. The first-order chi connectivity index (χ1) is 11.8. The molecule has 0 bridgehead atoms. The Morgan fingerprint density at radius 1 is 0.917 bits per heavy atom. The number of fused-ring (bicyclic) bond motifs is 1. The van der Waals surface area contributed by atoms with Crippen LogP contribution in [0.4, 0.5) is 5.82 Å². The standard InChI is InChI=1S/C20H18N4/c1-24(20-18-11-12-21-19(18)22-14-23-20)13-16-9-5-6-10-17(16)15-7-3-2-4-8-15/h2-12,14H,13H2,1H3,(H,21,22,23). The summed E-state index contributed by atoms with van der Waals surface area (Å²) in [6.07, 6.45) is 3.50. The molecular formula is C20H18N4. The SMILES string of the molecule is CN(Cc1ccccc1-c1ccccc1)c1ncnc2[nH]ccc12. The molecule has 0 amide bonds. The molecule has 4 rings (SSSR count). The Labute approximate surface area is 140 Å². The molecule has 0 atom stereocenters. The molecule has 1 N–H and O–H groups in total. The summed E-state index contributed by atoms with van der Waals surface area (Å²) >= 11 is 0. The Morgan fingerprint density at radius 3 is 2.58 bits per heavy atom. The van der Waals surface area contributed by atoms with Crippen molar-refractivity contribution in [3.63, 3.8) is 0 Å². The maximum atomic E-state index is 4.47. The Bertz CT molecular complexity index is 959. The number of hydrogen-bond donors (Lipinski definition) is 1. The highest BCUT2D eigenvalue weighted by atomic mass is 15.2. The molecule has 118 valence electrons. The number of aromatic amines is 1. The van der Waals surface area contributed by atoms with Crippen LogP contribution < -0.4 is 4.90 Å². The van der Waals surface area contributed by atoms with Crippen molar-refractivity contribution >= 4 is 16.9 Å². The minimum Gasteiger partial charge on any atom is -0.355 e. The van der Waals surface area contributed by atoms with Crippen molar-refractivity contribution in [2.75, 3.05) is 11.9 Å². The van der Waals surface area contributed by atoms with E-state index in [1.807, 2.05) is 18.3 Å². The minimum absolute atomic E-state index is 0.780. The molecule has 0 unspecified atom stereocenters. The molecule has 0 fully saturated rings. The van der Waals surface area contributed by atoms with E-state index >= 15 is 0 Å². The Morgan fingerprint density at radius 2 is 1.71 bits per heavy atom. The van der Waals surface area contributed by atoms with Crippen molar-refractivity contribution < 1.29 is 0 Å². The quantitative estimate of drug-likeness (QED) is 0.612. The second-order valence-electron chi connectivity index (χ2n) is 5.82. The maximum absolute atomic E-state index is 4.47. The van der Waals surface area contributed by atoms with Crippen LogP contribution in [0.25, 0.3) is 22.2 Å². The van der Waals surface area contributed by atoms with Crippen LogP contribution >= 0.6 is 0 Å². The fraction of sp³-hybridized carbons (Fsp3) is 0.100. The Hall–Kier alpha value is -3.14. The third-order valence-electron chi connectivity index (χ3n) is 4.20. The Balaban J connectivity index is 1.70. The number of anilines is 1. The normalized spacial score (nSPS) is 10.9. The first kappa shape index (κ1) is 14.5. The van der Waals surface area contributed by atoms with Crippen LogP contribution in [0.5, 0.6) is 0 Å². The van der Waals surface area contributed by atoms with Crippen LogP contribution in [0.2, 0.25) is 0 Å². The van der Waals surface area contributed by atoms with Gasteiger partial charge in [0.25, 0.3) is 0 Å². The van der Waals surface area contributed by atoms with E-state index in [9.17, 15) is 0 Å². The summed E-state index contributed by atoms with van der Waals surface area (Å²) in [5.74, 6) is 0.934. The van der Waals surface area contributed by atoms with Gasteiger partial charge in [-0.25, -0.2) is 9.97 Å². The molecule has 0 aliphatic carbocycles. The summed E-state index contributed by atoms with van der Waals surface area (Å²) in [6.45, 7) is 0.780. The van der Waals surface area contributed by atoms with E-state index in [-0.39, 0.29) is 0 Å². The lowest BCUT2D eigenvalue weighted by Crippen LogP contribution is -2.18. The van der Waals surface area contributed by atoms with Crippen molar-refractivity contribution in [3.05, 3.63) is 78.8 Å². The van der Waals surface area contributed by atoms with E-state index in [1.165, 1.54) is 16.7 Å². The molecule has 0 saturated heterocycles. The number of H-pyrrole nitrogens is 1. The summed E-state index contributed by atoms with van der Waals surface area (Å²) in [4.78, 5) is 14.0. The lowest BCUT2D eigenvalue weighted by Gasteiger charge is -2.20. The van der Waals surface area contributed by atoms with E-state index in [1.54, 1.807) is 6.33 Å². The van der Waals surface area contributed by atoms with E-state index < -0.39 is 0 Å². The number of benzene rings is 2. The maximum Gasteiger partial charge on any atom is 0.142 e. The monoisotopic (exact) mass is 314 g/mol. The molecule has 24 heavy (non-hydrogen) atoms. The van der Waals surface area contributed by atoms with Gasteiger partial charge in [0, 0.05) is 19.8 Å². The fourth-order valence-electron chi connectivity index (χ4n) is 3.05. The molecule has 4 heteroatoms. The summed E-state index contributed by atoms with van der Waals surface area (Å²) in [7, 11) is 2.07. The van der Waals surface area contributed by atoms with Gasteiger partial charge in [0.15, 0.2) is 0 Å². The molecule has 2 aromatic heterocycles. The van der Waals surface area contributed by atoms with Gasteiger partial charge < -0.3 is 9.88 Å². The van der Waals surface area contributed by atoms with Crippen molar-refractivity contribution in [2.45, 2.75) is 6.54 Å². The van der Waals surface area contributed by atoms with Gasteiger partial charge in [-0.2, -0.15) is 0 Å². The highest BCUT2D eigenvalue weighted by Gasteiger charge is 2.12. The number of rotatable bonds is 4. The third kappa shape index (κ3) is 2.63. The van der Waals surface area contributed by atoms with Crippen LogP contribution in [0.15, 0.2) is 73.2 Å². The van der Waals surface area contributed by atoms with E-state index in [2.05, 4.69) is 75.4 Å². The van der Waals surface area contributed by atoms with Crippen molar-refractivity contribution in [1.29, 1.82) is 0 Å². The molecule has 0 spiro atoms. The summed E-state index contributed by atoms with van der Waals surface area (Å²) in [5.41, 5.74) is 4.62. The summed E-state index contributed by atoms with van der Waals surface area (Å²) < 4.78 is 0. The van der Waals surface area contributed by atoms with Gasteiger partial charge in [0.05, 0.1) is 5.39 Å². The smallest absolute Gasteiger partial charge is 0.142 e.